The van der Waals surface area contributed by atoms with E-state index in [2.05, 4.69) is 5.32 Å². The molecule has 1 heterocycles. The minimum absolute atomic E-state index is 0.0698. The first-order valence-electron chi connectivity index (χ1n) is 8.17. The van der Waals surface area contributed by atoms with E-state index in [4.69, 9.17) is 9.15 Å². The molecule has 0 saturated heterocycles. The van der Waals surface area contributed by atoms with Crippen LogP contribution in [0.1, 0.15) is 16.1 Å². The summed E-state index contributed by atoms with van der Waals surface area (Å²) < 4.78 is 32.8. The lowest BCUT2D eigenvalue weighted by molar-refractivity contribution is -0.137. The van der Waals surface area contributed by atoms with Crippen molar-refractivity contribution in [3.63, 3.8) is 0 Å². The molecule has 9 nitrogen and oxygen atoms in total. The minimum Gasteiger partial charge on any atom is -0.467 e. The minimum atomic E-state index is -3.37. The van der Waals surface area contributed by atoms with E-state index < -0.39 is 34.2 Å². The van der Waals surface area contributed by atoms with Gasteiger partial charge in [0.15, 0.2) is 16.4 Å². The second-order valence-corrected chi connectivity index (χ2v) is 7.99. The van der Waals surface area contributed by atoms with Crippen LogP contribution in [0.25, 0.3) is 0 Å². The Morgan fingerprint density at radius 1 is 1.14 bits per heavy atom. The van der Waals surface area contributed by atoms with Crippen molar-refractivity contribution in [2.45, 2.75) is 11.4 Å². The molecular weight excluding hydrogens is 388 g/mol. The molecule has 150 valence electrons. The number of ether oxygens (including phenoxy) is 1. The summed E-state index contributed by atoms with van der Waals surface area (Å²) in [6.07, 6.45) is 2.54. The number of nitrogens with zero attached hydrogens (tertiary/aromatic N) is 1. The van der Waals surface area contributed by atoms with Crippen LogP contribution in [0.5, 0.6) is 0 Å². The average molecular weight is 408 g/mol. The Hall–Kier alpha value is -3.14. The van der Waals surface area contributed by atoms with Crippen molar-refractivity contribution in [2.75, 3.05) is 26.5 Å². The van der Waals surface area contributed by atoms with Crippen LogP contribution in [0.2, 0.25) is 0 Å². The Balaban J connectivity index is 1.78. The number of benzene rings is 1. The van der Waals surface area contributed by atoms with Crippen LogP contribution in [-0.4, -0.2) is 57.6 Å². The molecule has 0 aliphatic heterocycles. The van der Waals surface area contributed by atoms with Gasteiger partial charge in [-0.2, -0.15) is 0 Å². The number of amides is 2. The fourth-order valence-corrected chi connectivity index (χ4v) is 2.75. The first kappa shape index (κ1) is 21.2. The third kappa shape index (κ3) is 6.23. The van der Waals surface area contributed by atoms with E-state index in [-0.39, 0.29) is 23.5 Å². The molecule has 0 bridgehead atoms. The molecule has 1 N–H and O–H groups in total. The Morgan fingerprint density at radius 3 is 2.39 bits per heavy atom. The quantitative estimate of drug-likeness (QED) is 0.635. The molecule has 2 rings (SSSR count). The van der Waals surface area contributed by atoms with E-state index in [1.807, 2.05) is 0 Å². The highest BCUT2D eigenvalue weighted by Gasteiger charge is 2.16. The summed E-state index contributed by atoms with van der Waals surface area (Å²) in [5.41, 5.74) is 0.110. The Morgan fingerprint density at radius 2 is 1.82 bits per heavy atom. The molecule has 28 heavy (non-hydrogen) atoms. The van der Waals surface area contributed by atoms with Gasteiger partial charge < -0.3 is 19.4 Å². The highest BCUT2D eigenvalue weighted by atomic mass is 32.2. The smallest absolute Gasteiger partial charge is 0.338 e. The zero-order valence-corrected chi connectivity index (χ0v) is 16.2. The molecule has 2 aromatic rings. The maximum Gasteiger partial charge on any atom is 0.338 e. The van der Waals surface area contributed by atoms with Gasteiger partial charge in [-0.25, -0.2) is 13.2 Å². The molecule has 0 fully saturated rings. The van der Waals surface area contributed by atoms with Crippen LogP contribution in [-0.2, 0) is 30.7 Å². The predicted molar refractivity (Wildman–Crippen MR) is 98.0 cm³/mol. The Labute approximate surface area is 162 Å². The van der Waals surface area contributed by atoms with Crippen molar-refractivity contribution in [1.82, 2.24) is 10.2 Å². The number of carbonyl (C=O) groups excluding carboxylic acids is 3. The molecule has 2 amide bonds. The summed E-state index contributed by atoms with van der Waals surface area (Å²) in [4.78, 5) is 37.0. The summed E-state index contributed by atoms with van der Waals surface area (Å²) >= 11 is 0. The third-order valence-corrected chi connectivity index (χ3v) is 4.82. The summed E-state index contributed by atoms with van der Waals surface area (Å²) in [7, 11) is -1.96. The maximum atomic E-state index is 12.0. The van der Waals surface area contributed by atoms with E-state index in [9.17, 15) is 22.8 Å². The van der Waals surface area contributed by atoms with E-state index >= 15 is 0 Å². The van der Waals surface area contributed by atoms with Gasteiger partial charge >= 0.3 is 5.97 Å². The highest BCUT2D eigenvalue weighted by molar-refractivity contribution is 7.90. The van der Waals surface area contributed by atoms with Crippen LogP contribution in [0.4, 0.5) is 0 Å². The van der Waals surface area contributed by atoms with Crippen molar-refractivity contribution in [3.8, 4) is 0 Å². The average Bonchev–Trinajstić information content (AvgIpc) is 3.17. The van der Waals surface area contributed by atoms with Gasteiger partial charge in [0.25, 0.3) is 5.91 Å². The molecule has 0 radical (unpaired) electrons. The number of esters is 1. The van der Waals surface area contributed by atoms with Gasteiger partial charge in [0.05, 0.1) is 29.8 Å². The molecule has 1 aromatic carbocycles. The van der Waals surface area contributed by atoms with Crippen LogP contribution in [0.3, 0.4) is 0 Å². The van der Waals surface area contributed by atoms with Gasteiger partial charge in [-0.1, -0.05) is 0 Å². The molecule has 0 atom stereocenters. The van der Waals surface area contributed by atoms with Crippen molar-refractivity contribution in [2.24, 2.45) is 0 Å². The zero-order valence-electron chi connectivity index (χ0n) is 15.4. The molecule has 0 saturated carbocycles. The third-order valence-electron chi connectivity index (χ3n) is 3.69. The van der Waals surface area contributed by atoms with Gasteiger partial charge in [0, 0.05) is 13.3 Å². The van der Waals surface area contributed by atoms with Crippen LogP contribution in [0.15, 0.2) is 52.0 Å². The first-order valence-corrected chi connectivity index (χ1v) is 10.1. The topological polar surface area (TPSA) is 123 Å². The molecule has 0 spiro atoms. The summed E-state index contributed by atoms with van der Waals surface area (Å²) in [6.45, 7) is -0.554. The van der Waals surface area contributed by atoms with Gasteiger partial charge in [0.2, 0.25) is 5.91 Å². The van der Waals surface area contributed by atoms with Crippen LogP contribution < -0.4 is 5.32 Å². The Bertz CT molecular complexity index is 935. The van der Waals surface area contributed by atoms with Crippen molar-refractivity contribution < 1.29 is 32.0 Å². The number of nitrogens with one attached hydrogen (secondary N) is 1. The zero-order chi connectivity index (χ0) is 20.7. The van der Waals surface area contributed by atoms with E-state index in [0.29, 0.717) is 5.76 Å². The van der Waals surface area contributed by atoms with Crippen molar-refractivity contribution in [1.29, 1.82) is 0 Å². The van der Waals surface area contributed by atoms with Crippen molar-refractivity contribution in [3.05, 3.63) is 54.0 Å². The second-order valence-electron chi connectivity index (χ2n) is 5.98. The summed E-state index contributed by atoms with van der Waals surface area (Å²) in [5.74, 6) is -1.15. The van der Waals surface area contributed by atoms with E-state index in [1.54, 1.807) is 12.1 Å². The van der Waals surface area contributed by atoms with Crippen molar-refractivity contribution >= 4 is 27.6 Å². The predicted octanol–water partition coefficient (Wildman–Crippen LogP) is 0.615. The second kappa shape index (κ2) is 9.18. The largest absolute Gasteiger partial charge is 0.467 e. The lowest BCUT2D eigenvalue weighted by Gasteiger charge is -2.16. The molecule has 0 unspecified atom stereocenters. The standard InChI is InChI=1S/C18H20N2O7S/c1-20(11-16(21)19-10-14-4-3-9-26-14)17(22)12-27-18(23)13-5-7-15(8-6-13)28(2,24)25/h3-9H,10-12H2,1-2H3,(H,19,21). The van der Waals surface area contributed by atoms with Gasteiger partial charge in [0.1, 0.15) is 5.76 Å². The van der Waals surface area contributed by atoms with Gasteiger partial charge in [-0.15, -0.1) is 0 Å². The number of furan rings is 1. The molecule has 0 aliphatic rings. The fraction of sp³-hybridized carbons (Fsp3) is 0.278. The SMILES string of the molecule is CN(CC(=O)NCc1ccco1)C(=O)COC(=O)c1ccc(S(C)(=O)=O)cc1. The number of hydrogen-bond acceptors (Lipinski definition) is 7. The van der Waals surface area contributed by atoms with E-state index in [0.717, 1.165) is 11.2 Å². The highest BCUT2D eigenvalue weighted by Crippen LogP contribution is 2.11. The molecule has 10 heteroatoms. The van der Waals surface area contributed by atoms with E-state index in [1.165, 1.54) is 37.6 Å². The monoisotopic (exact) mass is 408 g/mol. The number of rotatable bonds is 8. The van der Waals surface area contributed by atoms with Crippen LogP contribution in [0, 0.1) is 0 Å². The molecular formula is C18H20N2O7S. The molecule has 1 aromatic heterocycles. The number of hydrogen-bond donors (Lipinski definition) is 1. The number of likely N-dealkylation sites (N-methyl/N-ethyl adjacent to an activating group) is 1. The summed E-state index contributed by atoms with van der Waals surface area (Å²) in [5, 5.41) is 2.60. The number of sulfone groups is 1. The Kier molecular flexibility index (Phi) is 6.94. The fourth-order valence-electron chi connectivity index (χ4n) is 2.12. The molecule has 0 aliphatic carbocycles. The van der Waals surface area contributed by atoms with Gasteiger partial charge in [-0.05, 0) is 36.4 Å². The normalized spacial score (nSPS) is 10.9. The number of carbonyl (C=O) groups is 3. The van der Waals surface area contributed by atoms with Gasteiger partial charge in [-0.3, -0.25) is 9.59 Å². The lowest BCUT2D eigenvalue weighted by atomic mass is 10.2. The summed E-state index contributed by atoms with van der Waals surface area (Å²) in [6, 6.07) is 8.56. The maximum absolute atomic E-state index is 12.0. The first-order chi connectivity index (χ1) is 13.2. The lowest BCUT2D eigenvalue weighted by Crippen LogP contribution is -2.39. The van der Waals surface area contributed by atoms with Crippen LogP contribution >= 0.6 is 0 Å².